The van der Waals surface area contributed by atoms with Crippen molar-refractivity contribution >= 4 is 17.7 Å². The first-order valence-corrected chi connectivity index (χ1v) is 8.01. The number of primary amides is 1. The lowest BCUT2D eigenvalue weighted by Gasteiger charge is -2.17. The van der Waals surface area contributed by atoms with Gasteiger partial charge in [0.25, 0.3) is 0 Å². The Hall–Kier alpha value is -1.78. The standard InChI is InChI=1S/C17H20N2OS/c1-19(12-14-5-9-16(21-2)10-6-14)11-13-3-7-15(8-4-13)17(18)20/h3-10H,11-12H2,1-2H3,(H2,18,20). The highest BCUT2D eigenvalue weighted by molar-refractivity contribution is 7.98. The summed E-state index contributed by atoms with van der Waals surface area (Å²) in [5.74, 6) is -0.385. The molecule has 2 aromatic carbocycles. The van der Waals surface area contributed by atoms with Gasteiger partial charge in [0.05, 0.1) is 0 Å². The molecule has 0 fully saturated rings. The Kier molecular flexibility index (Phi) is 5.42. The van der Waals surface area contributed by atoms with Crippen LogP contribution in [0.2, 0.25) is 0 Å². The van der Waals surface area contributed by atoms with Gasteiger partial charge in [0.1, 0.15) is 0 Å². The van der Waals surface area contributed by atoms with Gasteiger partial charge in [-0.3, -0.25) is 9.69 Å². The SMILES string of the molecule is CSc1ccc(CN(C)Cc2ccc(C(N)=O)cc2)cc1. The van der Waals surface area contributed by atoms with Gasteiger partial charge >= 0.3 is 0 Å². The van der Waals surface area contributed by atoms with E-state index in [1.54, 1.807) is 23.9 Å². The highest BCUT2D eigenvalue weighted by Crippen LogP contribution is 2.16. The quantitative estimate of drug-likeness (QED) is 0.834. The van der Waals surface area contributed by atoms with Crippen LogP contribution in [0.1, 0.15) is 21.5 Å². The molecule has 0 spiro atoms. The topological polar surface area (TPSA) is 46.3 Å². The van der Waals surface area contributed by atoms with Crippen LogP contribution < -0.4 is 5.73 Å². The first-order valence-electron chi connectivity index (χ1n) is 6.78. The predicted molar refractivity (Wildman–Crippen MR) is 88.4 cm³/mol. The number of nitrogens with zero attached hydrogens (tertiary/aromatic N) is 1. The fourth-order valence-corrected chi connectivity index (χ4v) is 2.59. The van der Waals surface area contributed by atoms with E-state index in [4.69, 9.17) is 5.73 Å². The molecule has 0 aliphatic heterocycles. The lowest BCUT2D eigenvalue weighted by molar-refractivity contribution is 0.100. The summed E-state index contributed by atoms with van der Waals surface area (Å²) < 4.78 is 0. The second-order valence-corrected chi connectivity index (χ2v) is 5.96. The zero-order valence-corrected chi connectivity index (χ0v) is 13.2. The minimum Gasteiger partial charge on any atom is -0.366 e. The average Bonchev–Trinajstić information content (AvgIpc) is 2.48. The third-order valence-electron chi connectivity index (χ3n) is 3.30. The van der Waals surface area contributed by atoms with Crippen molar-refractivity contribution in [2.24, 2.45) is 5.73 Å². The van der Waals surface area contributed by atoms with E-state index >= 15 is 0 Å². The molecule has 0 bridgehead atoms. The fraction of sp³-hybridized carbons (Fsp3) is 0.235. The molecule has 0 aromatic heterocycles. The van der Waals surface area contributed by atoms with Crippen molar-refractivity contribution < 1.29 is 4.79 Å². The van der Waals surface area contributed by atoms with Crippen molar-refractivity contribution in [3.05, 3.63) is 65.2 Å². The molecule has 2 rings (SSSR count). The van der Waals surface area contributed by atoms with E-state index in [9.17, 15) is 4.79 Å². The van der Waals surface area contributed by atoms with Crippen molar-refractivity contribution in [2.45, 2.75) is 18.0 Å². The van der Waals surface area contributed by atoms with E-state index in [1.165, 1.54) is 16.0 Å². The third-order valence-corrected chi connectivity index (χ3v) is 4.05. The van der Waals surface area contributed by atoms with E-state index in [1.807, 2.05) is 12.1 Å². The van der Waals surface area contributed by atoms with Gasteiger partial charge in [-0.05, 0) is 48.7 Å². The smallest absolute Gasteiger partial charge is 0.248 e. The molecule has 0 aliphatic rings. The number of carbonyl (C=O) groups excluding carboxylic acids is 1. The monoisotopic (exact) mass is 300 g/mol. The molecular weight excluding hydrogens is 280 g/mol. The average molecular weight is 300 g/mol. The molecule has 0 aliphatic carbocycles. The third kappa shape index (κ3) is 4.62. The molecule has 110 valence electrons. The van der Waals surface area contributed by atoms with Crippen molar-refractivity contribution in [3.8, 4) is 0 Å². The van der Waals surface area contributed by atoms with Crippen LogP contribution in [0.5, 0.6) is 0 Å². The summed E-state index contributed by atoms with van der Waals surface area (Å²) in [7, 11) is 2.09. The van der Waals surface area contributed by atoms with E-state index in [2.05, 4.69) is 42.5 Å². The molecule has 4 heteroatoms. The van der Waals surface area contributed by atoms with Crippen LogP contribution >= 0.6 is 11.8 Å². The van der Waals surface area contributed by atoms with Crippen LogP contribution in [0.15, 0.2) is 53.4 Å². The summed E-state index contributed by atoms with van der Waals surface area (Å²) in [5, 5.41) is 0. The molecule has 2 N–H and O–H groups in total. The Morgan fingerprint density at radius 2 is 1.48 bits per heavy atom. The van der Waals surface area contributed by atoms with Gasteiger partial charge in [0.2, 0.25) is 5.91 Å². The Balaban J connectivity index is 1.94. The zero-order chi connectivity index (χ0) is 15.2. The van der Waals surface area contributed by atoms with Crippen LogP contribution in [0.3, 0.4) is 0 Å². The van der Waals surface area contributed by atoms with Gasteiger partial charge in [-0.1, -0.05) is 24.3 Å². The Labute approximate surface area is 130 Å². The maximum Gasteiger partial charge on any atom is 0.248 e. The number of benzene rings is 2. The van der Waals surface area contributed by atoms with Crippen molar-refractivity contribution in [1.29, 1.82) is 0 Å². The predicted octanol–water partition coefficient (Wildman–Crippen LogP) is 3.14. The zero-order valence-electron chi connectivity index (χ0n) is 12.4. The number of nitrogens with two attached hydrogens (primary N) is 1. The number of amides is 1. The molecular formula is C17H20N2OS. The molecule has 0 unspecified atom stereocenters. The molecule has 0 radical (unpaired) electrons. The summed E-state index contributed by atoms with van der Waals surface area (Å²) >= 11 is 1.75. The minimum atomic E-state index is -0.385. The minimum absolute atomic E-state index is 0.385. The van der Waals surface area contributed by atoms with E-state index in [0.29, 0.717) is 5.56 Å². The summed E-state index contributed by atoms with van der Waals surface area (Å²) in [6.45, 7) is 1.73. The number of carbonyl (C=O) groups is 1. The molecule has 0 saturated carbocycles. The molecule has 0 heterocycles. The largest absolute Gasteiger partial charge is 0.366 e. The van der Waals surface area contributed by atoms with Gasteiger partial charge in [-0.2, -0.15) is 0 Å². The van der Waals surface area contributed by atoms with Gasteiger partial charge in [0, 0.05) is 23.5 Å². The second kappa shape index (κ2) is 7.29. The fourth-order valence-electron chi connectivity index (χ4n) is 2.18. The number of hydrogen-bond acceptors (Lipinski definition) is 3. The van der Waals surface area contributed by atoms with Crippen molar-refractivity contribution in [3.63, 3.8) is 0 Å². The molecule has 3 nitrogen and oxygen atoms in total. The maximum absolute atomic E-state index is 11.0. The number of rotatable bonds is 6. The maximum atomic E-state index is 11.0. The van der Waals surface area contributed by atoms with Crippen LogP contribution in [0.25, 0.3) is 0 Å². The highest BCUT2D eigenvalue weighted by atomic mass is 32.2. The first kappa shape index (κ1) is 15.6. The van der Waals surface area contributed by atoms with E-state index in [0.717, 1.165) is 13.1 Å². The summed E-state index contributed by atoms with van der Waals surface area (Å²) in [5.41, 5.74) is 8.25. The Bertz CT molecular complexity index is 593. The first-order chi connectivity index (χ1) is 10.1. The van der Waals surface area contributed by atoms with Gasteiger partial charge < -0.3 is 5.73 Å². The van der Waals surface area contributed by atoms with Crippen LogP contribution in [0.4, 0.5) is 0 Å². The van der Waals surface area contributed by atoms with Crippen molar-refractivity contribution in [1.82, 2.24) is 4.90 Å². The van der Waals surface area contributed by atoms with E-state index < -0.39 is 0 Å². The molecule has 21 heavy (non-hydrogen) atoms. The van der Waals surface area contributed by atoms with Crippen LogP contribution in [-0.4, -0.2) is 24.1 Å². The van der Waals surface area contributed by atoms with E-state index in [-0.39, 0.29) is 5.91 Å². The second-order valence-electron chi connectivity index (χ2n) is 5.08. The molecule has 0 atom stereocenters. The molecule has 1 amide bonds. The summed E-state index contributed by atoms with van der Waals surface area (Å²) in [6, 6.07) is 16.1. The van der Waals surface area contributed by atoms with Gasteiger partial charge in [-0.15, -0.1) is 11.8 Å². The number of hydrogen-bond donors (Lipinski definition) is 1. The highest BCUT2D eigenvalue weighted by Gasteiger charge is 2.04. The van der Waals surface area contributed by atoms with Crippen molar-refractivity contribution in [2.75, 3.05) is 13.3 Å². The lowest BCUT2D eigenvalue weighted by atomic mass is 10.1. The van der Waals surface area contributed by atoms with Crippen LogP contribution in [0, 0.1) is 0 Å². The number of thioether (sulfide) groups is 1. The lowest BCUT2D eigenvalue weighted by Crippen LogP contribution is -2.17. The Morgan fingerprint density at radius 1 is 1.00 bits per heavy atom. The Morgan fingerprint density at radius 3 is 1.90 bits per heavy atom. The normalized spacial score (nSPS) is 10.8. The molecule has 2 aromatic rings. The summed E-state index contributed by atoms with van der Waals surface area (Å²) in [6.07, 6.45) is 2.08. The molecule has 0 saturated heterocycles. The van der Waals surface area contributed by atoms with Crippen LogP contribution in [-0.2, 0) is 13.1 Å². The summed E-state index contributed by atoms with van der Waals surface area (Å²) in [4.78, 5) is 14.6. The van der Waals surface area contributed by atoms with Gasteiger partial charge in [0.15, 0.2) is 0 Å². The van der Waals surface area contributed by atoms with Gasteiger partial charge in [-0.25, -0.2) is 0 Å².